The summed E-state index contributed by atoms with van der Waals surface area (Å²) in [6.07, 6.45) is 0. The maximum Gasteiger partial charge on any atom is 0.216 e. The Balaban J connectivity index is 2.12. The summed E-state index contributed by atoms with van der Waals surface area (Å²) >= 11 is 0. The number of phenols is 2. The molecule has 1 aliphatic rings. The van der Waals surface area contributed by atoms with E-state index >= 15 is 0 Å². The van der Waals surface area contributed by atoms with Crippen LogP contribution in [0.4, 0.5) is 0 Å². The molecule has 0 unspecified atom stereocenters. The van der Waals surface area contributed by atoms with Crippen LogP contribution in [0.2, 0.25) is 0 Å². The molecule has 1 aliphatic heterocycles. The van der Waals surface area contributed by atoms with E-state index in [1.807, 2.05) is 24.3 Å². The molecule has 0 saturated carbocycles. The highest BCUT2D eigenvalue weighted by Gasteiger charge is 2.33. The van der Waals surface area contributed by atoms with Gasteiger partial charge >= 0.3 is 0 Å². The van der Waals surface area contributed by atoms with Gasteiger partial charge in [-0.2, -0.15) is 0 Å². The van der Waals surface area contributed by atoms with E-state index in [2.05, 4.69) is 25.1 Å². The highest BCUT2D eigenvalue weighted by molar-refractivity contribution is 6.23. The molecular formula is C19H12O3. The summed E-state index contributed by atoms with van der Waals surface area (Å²) in [6.45, 7) is 2.06. The second-order valence-electron chi connectivity index (χ2n) is 5.78. The number of hydrogen-bond donors (Lipinski definition) is 2. The molecule has 0 saturated heterocycles. The van der Waals surface area contributed by atoms with Crippen molar-refractivity contribution in [2.45, 2.75) is 6.92 Å². The minimum absolute atomic E-state index is 0.110. The molecule has 0 aliphatic carbocycles. The molecule has 3 heteroatoms. The van der Waals surface area contributed by atoms with Crippen molar-refractivity contribution in [1.82, 2.24) is 0 Å². The smallest absolute Gasteiger partial charge is 0.216 e. The molecule has 4 aromatic rings. The SMILES string of the molecule is Cc1cc2ccccc2c2ccc3c(O)c(O)c4c(c3c12)O4. The van der Waals surface area contributed by atoms with Gasteiger partial charge in [-0.1, -0.05) is 36.4 Å². The zero-order valence-electron chi connectivity index (χ0n) is 11.8. The van der Waals surface area contributed by atoms with Crippen molar-refractivity contribution in [2.24, 2.45) is 0 Å². The molecule has 5 rings (SSSR count). The molecule has 4 aromatic carbocycles. The predicted octanol–water partition coefficient (Wildman–Crippen LogP) is 4.97. The van der Waals surface area contributed by atoms with Gasteiger partial charge in [0.15, 0.2) is 11.5 Å². The second-order valence-corrected chi connectivity index (χ2v) is 5.78. The van der Waals surface area contributed by atoms with Crippen LogP contribution in [0.1, 0.15) is 5.56 Å². The Morgan fingerprint density at radius 2 is 1.55 bits per heavy atom. The Kier molecular flexibility index (Phi) is 1.93. The normalized spacial score (nSPS) is 12.6. The summed E-state index contributed by atoms with van der Waals surface area (Å²) in [4.78, 5) is 0. The fourth-order valence-corrected chi connectivity index (χ4v) is 3.48. The van der Waals surface area contributed by atoms with Crippen LogP contribution < -0.4 is 4.74 Å². The molecule has 0 spiro atoms. The molecular weight excluding hydrogens is 276 g/mol. The average molecular weight is 288 g/mol. The summed E-state index contributed by atoms with van der Waals surface area (Å²) in [6, 6.07) is 14.3. The van der Waals surface area contributed by atoms with Crippen molar-refractivity contribution in [3.63, 3.8) is 0 Å². The Morgan fingerprint density at radius 3 is 2.41 bits per heavy atom. The lowest BCUT2D eigenvalue weighted by Gasteiger charge is -2.10. The molecule has 1 heterocycles. The van der Waals surface area contributed by atoms with Crippen LogP contribution in [-0.2, 0) is 0 Å². The standard InChI is InChI=1S/C19H12O3/c1-9-8-10-4-2-3-5-11(10)12-6-7-13-15(14(9)12)18-19(22-18)17(21)16(13)20/h2-8,20-21H,1H3. The molecule has 22 heavy (non-hydrogen) atoms. The third kappa shape index (κ3) is 1.26. The van der Waals surface area contributed by atoms with Crippen LogP contribution in [0, 0.1) is 6.92 Å². The van der Waals surface area contributed by atoms with Crippen LogP contribution in [0.3, 0.4) is 0 Å². The molecule has 0 radical (unpaired) electrons. The van der Waals surface area contributed by atoms with Crippen molar-refractivity contribution in [3.8, 4) is 23.0 Å². The monoisotopic (exact) mass is 288 g/mol. The van der Waals surface area contributed by atoms with E-state index in [1.54, 1.807) is 0 Å². The Bertz CT molecular complexity index is 1130. The van der Waals surface area contributed by atoms with Crippen LogP contribution >= 0.6 is 0 Å². The van der Waals surface area contributed by atoms with E-state index in [4.69, 9.17) is 4.74 Å². The molecule has 0 fully saturated rings. The zero-order valence-corrected chi connectivity index (χ0v) is 11.8. The molecule has 0 bridgehead atoms. The van der Waals surface area contributed by atoms with Gasteiger partial charge in [-0.05, 0) is 40.1 Å². The third-order valence-electron chi connectivity index (χ3n) is 4.51. The number of hydrogen-bond acceptors (Lipinski definition) is 3. The fraction of sp³-hybridized carbons (Fsp3) is 0.0526. The number of aryl methyl sites for hydroxylation is 1. The van der Waals surface area contributed by atoms with Gasteiger partial charge in [0.25, 0.3) is 0 Å². The quantitative estimate of drug-likeness (QED) is 0.240. The van der Waals surface area contributed by atoms with E-state index in [9.17, 15) is 10.2 Å². The van der Waals surface area contributed by atoms with E-state index in [0.717, 1.165) is 21.7 Å². The number of aromatic hydroxyl groups is 2. The van der Waals surface area contributed by atoms with Gasteiger partial charge in [0.2, 0.25) is 11.5 Å². The predicted molar refractivity (Wildman–Crippen MR) is 87.1 cm³/mol. The summed E-state index contributed by atoms with van der Waals surface area (Å²) < 4.78 is 5.43. The maximum absolute atomic E-state index is 10.2. The molecule has 3 nitrogen and oxygen atoms in total. The molecule has 0 amide bonds. The van der Waals surface area contributed by atoms with Crippen LogP contribution in [0.5, 0.6) is 23.0 Å². The largest absolute Gasteiger partial charge is 0.504 e. The van der Waals surface area contributed by atoms with Crippen molar-refractivity contribution in [1.29, 1.82) is 0 Å². The minimum Gasteiger partial charge on any atom is -0.504 e. The van der Waals surface area contributed by atoms with Gasteiger partial charge in [0.05, 0.1) is 0 Å². The number of benzene rings is 4. The van der Waals surface area contributed by atoms with Crippen LogP contribution in [0.15, 0.2) is 42.5 Å². The molecule has 2 N–H and O–H groups in total. The van der Waals surface area contributed by atoms with Crippen molar-refractivity contribution in [2.75, 3.05) is 0 Å². The second kappa shape index (κ2) is 3.63. The average Bonchev–Trinajstić information content (AvgIpc) is 3.32. The summed E-state index contributed by atoms with van der Waals surface area (Å²) in [7, 11) is 0. The number of rotatable bonds is 0. The number of ether oxygens (including phenoxy) is 1. The van der Waals surface area contributed by atoms with E-state index in [1.165, 1.54) is 10.8 Å². The highest BCUT2D eigenvalue weighted by atomic mass is 16.6. The first kappa shape index (κ1) is 11.7. The van der Waals surface area contributed by atoms with Gasteiger partial charge in [0, 0.05) is 10.8 Å². The minimum atomic E-state index is -0.166. The topological polar surface area (TPSA) is 53.0 Å². The Morgan fingerprint density at radius 1 is 0.773 bits per heavy atom. The number of phenolic OH excluding ortho intramolecular Hbond substituents is 2. The van der Waals surface area contributed by atoms with E-state index < -0.39 is 0 Å². The van der Waals surface area contributed by atoms with Crippen molar-refractivity contribution >= 4 is 32.3 Å². The summed E-state index contributed by atoms with van der Waals surface area (Å²) in [5.41, 5.74) is 1.13. The van der Waals surface area contributed by atoms with Crippen molar-refractivity contribution in [3.05, 3.63) is 48.0 Å². The van der Waals surface area contributed by atoms with Gasteiger partial charge in [-0.3, -0.25) is 0 Å². The van der Waals surface area contributed by atoms with Gasteiger partial charge in [0.1, 0.15) is 0 Å². The van der Waals surface area contributed by atoms with Gasteiger partial charge in [-0.15, -0.1) is 0 Å². The highest BCUT2D eigenvalue weighted by Crippen LogP contribution is 2.62. The number of fused-ring (bicyclic) bond motifs is 7. The van der Waals surface area contributed by atoms with Crippen LogP contribution in [-0.4, -0.2) is 10.2 Å². The van der Waals surface area contributed by atoms with Gasteiger partial charge in [-0.25, -0.2) is 0 Å². The summed E-state index contributed by atoms with van der Waals surface area (Å²) in [5, 5.41) is 26.2. The zero-order chi connectivity index (χ0) is 15.0. The lowest BCUT2D eigenvalue weighted by atomic mass is 9.93. The fourth-order valence-electron chi connectivity index (χ4n) is 3.48. The lowest BCUT2D eigenvalue weighted by molar-refractivity contribution is 0.403. The first-order valence-electron chi connectivity index (χ1n) is 7.17. The van der Waals surface area contributed by atoms with Crippen molar-refractivity contribution < 1.29 is 14.9 Å². The van der Waals surface area contributed by atoms with Crippen LogP contribution in [0.25, 0.3) is 32.3 Å². The molecule has 106 valence electrons. The maximum atomic E-state index is 10.2. The first-order valence-corrected chi connectivity index (χ1v) is 7.17. The van der Waals surface area contributed by atoms with E-state index in [0.29, 0.717) is 16.9 Å². The Hall–Kier alpha value is -2.94. The van der Waals surface area contributed by atoms with Gasteiger partial charge < -0.3 is 14.9 Å². The first-order chi connectivity index (χ1) is 10.7. The molecule has 0 aromatic heterocycles. The lowest BCUT2D eigenvalue weighted by Crippen LogP contribution is -1.84. The summed E-state index contributed by atoms with van der Waals surface area (Å²) in [5.74, 6) is 0.792. The Labute approximate surface area is 126 Å². The van der Waals surface area contributed by atoms with E-state index in [-0.39, 0.29) is 11.5 Å². The third-order valence-corrected chi connectivity index (χ3v) is 4.51. The molecule has 0 atom stereocenters.